The van der Waals surface area contributed by atoms with E-state index in [1.54, 1.807) is 18.6 Å². The molecule has 2 aromatic heterocycles. The first-order valence-corrected chi connectivity index (χ1v) is 5.19. The fourth-order valence-electron chi connectivity index (χ4n) is 1.30. The third-order valence-corrected chi connectivity index (χ3v) is 2.29. The van der Waals surface area contributed by atoms with Gasteiger partial charge in [-0.05, 0) is 18.2 Å². The first-order valence-electron chi connectivity index (χ1n) is 4.81. The Balaban J connectivity index is 2.13. The summed E-state index contributed by atoms with van der Waals surface area (Å²) >= 11 is 5.72. The number of nitrogens with one attached hydrogen (secondary N) is 1. The van der Waals surface area contributed by atoms with Crippen LogP contribution in [0.4, 0.5) is 5.82 Å². The lowest BCUT2D eigenvalue weighted by atomic mass is 10.2. The first-order chi connectivity index (χ1) is 8.15. The molecule has 0 aromatic carbocycles. The van der Waals surface area contributed by atoms with E-state index in [1.807, 2.05) is 0 Å². The third kappa shape index (κ3) is 2.98. The summed E-state index contributed by atoms with van der Waals surface area (Å²) in [5, 5.41) is 12.0. The van der Waals surface area contributed by atoms with E-state index in [9.17, 15) is 4.79 Å². The van der Waals surface area contributed by atoms with Crippen molar-refractivity contribution >= 4 is 23.4 Å². The number of rotatable bonds is 4. The van der Waals surface area contributed by atoms with E-state index in [0.717, 1.165) is 5.56 Å². The molecule has 0 unspecified atom stereocenters. The number of furan rings is 1. The van der Waals surface area contributed by atoms with Crippen molar-refractivity contribution in [2.75, 3.05) is 5.32 Å². The van der Waals surface area contributed by atoms with Crippen LogP contribution < -0.4 is 5.32 Å². The molecule has 0 saturated carbocycles. The van der Waals surface area contributed by atoms with Crippen LogP contribution in [0.25, 0.3) is 0 Å². The molecular weight excluding hydrogens is 244 g/mol. The standard InChI is InChI=1S/C11H9ClN2O3/c12-9-3-8(11(15)16)4-10(14-9)13-5-7-1-2-17-6-7/h1-4,6H,5H2,(H,13,14)(H,15,16). The molecule has 0 bridgehead atoms. The zero-order valence-corrected chi connectivity index (χ0v) is 9.44. The van der Waals surface area contributed by atoms with Crippen molar-refractivity contribution in [2.45, 2.75) is 6.54 Å². The number of hydrogen-bond donors (Lipinski definition) is 2. The van der Waals surface area contributed by atoms with Gasteiger partial charge in [0, 0.05) is 12.1 Å². The van der Waals surface area contributed by atoms with E-state index in [0.29, 0.717) is 12.4 Å². The normalized spacial score (nSPS) is 10.2. The molecule has 0 fully saturated rings. The number of carboxylic acid groups (broad SMARTS) is 1. The summed E-state index contributed by atoms with van der Waals surface area (Å²) in [5.41, 5.74) is 1.03. The van der Waals surface area contributed by atoms with Crippen molar-refractivity contribution < 1.29 is 14.3 Å². The Kier molecular flexibility index (Phi) is 3.30. The number of nitrogens with zero attached hydrogens (tertiary/aromatic N) is 1. The number of aromatic nitrogens is 1. The van der Waals surface area contributed by atoms with E-state index in [-0.39, 0.29) is 10.7 Å². The smallest absolute Gasteiger partial charge is 0.335 e. The third-order valence-electron chi connectivity index (χ3n) is 2.09. The van der Waals surface area contributed by atoms with Gasteiger partial charge in [0.05, 0.1) is 18.1 Å². The van der Waals surface area contributed by atoms with Gasteiger partial charge in [0.2, 0.25) is 0 Å². The second-order valence-corrected chi connectivity index (χ2v) is 3.74. The van der Waals surface area contributed by atoms with Crippen LogP contribution in [0, 0.1) is 0 Å². The molecule has 0 atom stereocenters. The Morgan fingerprint density at radius 3 is 3.00 bits per heavy atom. The SMILES string of the molecule is O=C(O)c1cc(Cl)nc(NCc2ccoc2)c1. The minimum atomic E-state index is -1.04. The molecule has 17 heavy (non-hydrogen) atoms. The van der Waals surface area contributed by atoms with Crippen LogP contribution in [-0.4, -0.2) is 16.1 Å². The lowest BCUT2D eigenvalue weighted by molar-refractivity contribution is 0.0697. The molecule has 88 valence electrons. The van der Waals surface area contributed by atoms with Gasteiger partial charge >= 0.3 is 5.97 Å². The van der Waals surface area contributed by atoms with Crippen LogP contribution in [-0.2, 0) is 6.54 Å². The summed E-state index contributed by atoms with van der Waals surface area (Å²) in [5.74, 6) is -0.628. The molecule has 0 saturated heterocycles. The maximum absolute atomic E-state index is 10.8. The molecule has 2 aromatic rings. The van der Waals surface area contributed by atoms with Crippen LogP contribution in [0.5, 0.6) is 0 Å². The Hall–Kier alpha value is -2.01. The minimum Gasteiger partial charge on any atom is -0.478 e. The van der Waals surface area contributed by atoms with Crippen LogP contribution in [0.3, 0.4) is 0 Å². The van der Waals surface area contributed by atoms with Crippen LogP contribution in [0.15, 0.2) is 35.1 Å². The Bertz CT molecular complexity index is 526. The summed E-state index contributed by atoms with van der Waals surface area (Å²) < 4.78 is 4.91. The number of anilines is 1. The minimum absolute atomic E-state index is 0.0969. The maximum atomic E-state index is 10.8. The summed E-state index contributed by atoms with van der Waals surface area (Å²) in [6, 6.07) is 4.52. The second-order valence-electron chi connectivity index (χ2n) is 3.35. The predicted octanol–water partition coefficient (Wildman–Crippen LogP) is 2.64. The van der Waals surface area contributed by atoms with Crippen molar-refractivity contribution in [3.63, 3.8) is 0 Å². The van der Waals surface area contributed by atoms with E-state index in [2.05, 4.69) is 10.3 Å². The summed E-state index contributed by atoms with van der Waals surface area (Å²) in [6.07, 6.45) is 3.15. The van der Waals surface area contributed by atoms with Gasteiger partial charge in [0.1, 0.15) is 11.0 Å². The van der Waals surface area contributed by atoms with Gasteiger partial charge in [-0.2, -0.15) is 0 Å². The second kappa shape index (κ2) is 4.88. The molecule has 0 spiro atoms. The Morgan fingerprint density at radius 1 is 1.53 bits per heavy atom. The van der Waals surface area contributed by atoms with Gasteiger partial charge in [0.15, 0.2) is 0 Å². The Labute approximate surface area is 102 Å². The fourth-order valence-corrected chi connectivity index (χ4v) is 1.51. The number of hydrogen-bond acceptors (Lipinski definition) is 4. The molecular formula is C11H9ClN2O3. The summed E-state index contributed by atoms with van der Waals surface area (Å²) in [7, 11) is 0. The first kappa shape index (κ1) is 11.5. The van der Waals surface area contributed by atoms with E-state index in [1.165, 1.54) is 12.1 Å². The zero-order chi connectivity index (χ0) is 12.3. The highest BCUT2D eigenvalue weighted by Gasteiger charge is 2.07. The number of carbonyl (C=O) groups is 1. The highest BCUT2D eigenvalue weighted by atomic mass is 35.5. The van der Waals surface area contributed by atoms with Crippen molar-refractivity contribution in [2.24, 2.45) is 0 Å². The van der Waals surface area contributed by atoms with Gasteiger partial charge in [-0.1, -0.05) is 11.6 Å². The highest BCUT2D eigenvalue weighted by molar-refractivity contribution is 6.29. The summed E-state index contributed by atoms with van der Waals surface area (Å²) in [4.78, 5) is 14.8. The number of aromatic carboxylic acids is 1. The average Bonchev–Trinajstić information content (AvgIpc) is 2.78. The van der Waals surface area contributed by atoms with Crippen molar-refractivity contribution in [1.29, 1.82) is 0 Å². The average molecular weight is 253 g/mol. The van der Waals surface area contributed by atoms with E-state index >= 15 is 0 Å². The highest BCUT2D eigenvalue weighted by Crippen LogP contribution is 2.15. The van der Waals surface area contributed by atoms with Gasteiger partial charge < -0.3 is 14.8 Å². The molecule has 2 heterocycles. The number of halogens is 1. The molecule has 2 N–H and O–H groups in total. The molecule has 0 aliphatic rings. The van der Waals surface area contributed by atoms with Crippen molar-refractivity contribution in [3.05, 3.63) is 47.0 Å². The maximum Gasteiger partial charge on any atom is 0.335 e. The zero-order valence-electron chi connectivity index (χ0n) is 8.68. The molecule has 2 rings (SSSR count). The van der Waals surface area contributed by atoms with E-state index in [4.69, 9.17) is 21.1 Å². The van der Waals surface area contributed by atoms with Gasteiger partial charge in [-0.3, -0.25) is 0 Å². The van der Waals surface area contributed by atoms with Crippen LogP contribution in [0.2, 0.25) is 5.15 Å². The molecule has 0 amide bonds. The number of carboxylic acids is 1. The molecule has 0 aliphatic carbocycles. The van der Waals surface area contributed by atoms with Gasteiger partial charge in [-0.15, -0.1) is 0 Å². The lowest BCUT2D eigenvalue weighted by Gasteiger charge is -2.05. The quantitative estimate of drug-likeness (QED) is 0.818. The molecule has 6 heteroatoms. The van der Waals surface area contributed by atoms with Crippen molar-refractivity contribution in [3.8, 4) is 0 Å². The lowest BCUT2D eigenvalue weighted by Crippen LogP contribution is -2.04. The predicted molar refractivity (Wildman–Crippen MR) is 62.2 cm³/mol. The van der Waals surface area contributed by atoms with Crippen molar-refractivity contribution in [1.82, 2.24) is 4.98 Å². The fraction of sp³-hybridized carbons (Fsp3) is 0.0909. The topological polar surface area (TPSA) is 75.4 Å². The summed E-state index contributed by atoms with van der Waals surface area (Å²) in [6.45, 7) is 0.489. The molecule has 0 aliphatic heterocycles. The van der Waals surface area contributed by atoms with Crippen LogP contribution in [0.1, 0.15) is 15.9 Å². The van der Waals surface area contributed by atoms with Crippen LogP contribution >= 0.6 is 11.6 Å². The monoisotopic (exact) mass is 252 g/mol. The molecule has 0 radical (unpaired) electrons. The largest absolute Gasteiger partial charge is 0.478 e. The van der Waals surface area contributed by atoms with E-state index < -0.39 is 5.97 Å². The molecule has 5 nitrogen and oxygen atoms in total. The Morgan fingerprint density at radius 2 is 2.35 bits per heavy atom. The van der Waals surface area contributed by atoms with Gasteiger partial charge in [0.25, 0.3) is 0 Å². The number of pyridine rings is 1. The van der Waals surface area contributed by atoms with Gasteiger partial charge in [-0.25, -0.2) is 9.78 Å².